The summed E-state index contributed by atoms with van der Waals surface area (Å²) in [5.74, 6) is -1.54. The number of carboxylic acids is 1. The van der Waals surface area contributed by atoms with Gasteiger partial charge in [0, 0.05) is 19.3 Å². The molecule has 0 saturated heterocycles. The number of carbonyl (C=O) groups is 3. The van der Waals surface area contributed by atoms with Crippen LogP contribution in [0.1, 0.15) is 168 Å². The van der Waals surface area contributed by atoms with E-state index < -0.39 is 18.1 Å². The van der Waals surface area contributed by atoms with Crippen molar-refractivity contribution in [2.75, 3.05) is 41.0 Å². The molecule has 2 unspecified atom stereocenters. The number of quaternary nitrogens is 1. The third-order valence-electron chi connectivity index (χ3n) is 9.41. The lowest BCUT2D eigenvalue weighted by Crippen LogP contribution is -2.50. The maximum absolute atomic E-state index is 12.7. The average Bonchev–Trinajstić information content (AvgIpc) is 3.14. The number of carbonyl (C=O) groups excluding carboxylic acids is 2. The molecule has 0 heterocycles. The molecule has 316 valence electrons. The first-order valence-corrected chi connectivity index (χ1v) is 21.8. The van der Waals surface area contributed by atoms with Gasteiger partial charge in [-0.15, -0.1) is 0 Å². The molecule has 0 aliphatic carbocycles. The SMILES string of the molecule is CC/C=C/C/C=C/C/C=C/C/C=C/CCCCCCCCCCCCC(=O)OC(COCCC(C(=O)O)[N+](C)(C)C)COC(=O)CC/C=C/CCCCCC. The van der Waals surface area contributed by atoms with Gasteiger partial charge in [-0.25, -0.2) is 4.79 Å². The van der Waals surface area contributed by atoms with Gasteiger partial charge in [-0.05, 0) is 64.2 Å². The minimum Gasteiger partial charge on any atom is -0.477 e. The Labute approximate surface area is 337 Å². The molecule has 0 aliphatic rings. The van der Waals surface area contributed by atoms with Crippen LogP contribution in [0.15, 0.2) is 60.8 Å². The minimum atomic E-state index is -0.882. The highest BCUT2D eigenvalue weighted by Crippen LogP contribution is 2.14. The predicted octanol–water partition coefficient (Wildman–Crippen LogP) is 11.8. The van der Waals surface area contributed by atoms with E-state index >= 15 is 0 Å². The lowest BCUT2D eigenvalue weighted by Gasteiger charge is -2.31. The Balaban J connectivity index is 4.23. The second-order valence-electron chi connectivity index (χ2n) is 15.6. The Kier molecular flexibility index (Phi) is 35.9. The predicted molar refractivity (Wildman–Crippen MR) is 229 cm³/mol. The number of hydrogen-bond donors (Lipinski definition) is 1. The quantitative estimate of drug-likeness (QED) is 0.0289. The smallest absolute Gasteiger partial charge is 0.362 e. The summed E-state index contributed by atoms with van der Waals surface area (Å²) in [6, 6.07) is -0.620. The number of nitrogens with zero attached hydrogens (tertiary/aromatic N) is 1. The fraction of sp³-hybridized carbons (Fsp3) is 0.723. The van der Waals surface area contributed by atoms with Gasteiger partial charge in [-0.3, -0.25) is 9.59 Å². The Bertz CT molecular complexity index is 1090. The van der Waals surface area contributed by atoms with Crippen LogP contribution < -0.4 is 0 Å². The van der Waals surface area contributed by atoms with Gasteiger partial charge in [0.15, 0.2) is 12.1 Å². The summed E-state index contributed by atoms with van der Waals surface area (Å²) in [6.45, 7) is 4.52. The maximum Gasteiger partial charge on any atom is 0.362 e. The summed E-state index contributed by atoms with van der Waals surface area (Å²) in [5, 5.41) is 9.59. The first-order chi connectivity index (χ1) is 26.6. The molecule has 2 atom stereocenters. The van der Waals surface area contributed by atoms with E-state index in [2.05, 4.69) is 68.5 Å². The first-order valence-electron chi connectivity index (χ1n) is 21.8. The van der Waals surface area contributed by atoms with Gasteiger partial charge in [0.1, 0.15) is 6.61 Å². The van der Waals surface area contributed by atoms with Crippen LogP contribution in [0, 0.1) is 0 Å². The largest absolute Gasteiger partial charge is 0.477 e. The number of hydrogen-bond acceptors (Lipinski definition) is 6. The van der Waals surface area contributed by atoms with Crippen molar-refractivity contribution < 1.29 is 38.2 Å². The monoisotopic (exact) mass is 773 g/mol. The molecule has 0 radical (unpaired) electrons. The van der Waals surface area contributed by atoms with E-state index in [-0.39, 0.29) is 42.7 Å². The highest BCUT2D eigenvalue weighted by Gasteiger charge is 2.31. The summed E-state index contributed by atoms with van der Waals surface area (Å²) >= 11 is 0. The third-order valence-corrected chi connectivity index (χ3v) is 9.41. The Morgan fingerprint density at radius 1 is 0.564 bits per heavy atom. The van der Waals surface area contributed by atoms with Gasteiger partial charge in [0.25, 0.3) is 0 Å². The van der Waals surface area contributed by atoms with Gasteiger partial charge < -0.3 is 23.8 Å². The molecule has 0 aliphatic heterocycles. The Morgan fingerprint density at radius 3 is 1.60 bits per heavy atom. The van der Waals surface area contributed by atoms with Crippen molar-refractivity contribution in [1.82, 2.24) is 0 Å². The molecule has 0 rings (SSSR count). The van der Waals surface area contributed by atoms with E-state index in [1.165, 1.54) is 77.0 Å². The zero-order chi connectivity index (χ0) is 40.7. The number of unbranched alkanes of at least 4 members (excludes halogenated alkanes) is 14. The van der Waals surface area contributed by atoms with E-state index in [9.17, 15) is 19.5 Å². The van der Waals surface area contributed by atoms with E-state index in [0.29, 0.717) is 19.3 Å². The van der Waals surface area contributed by atoms with E-state index in [0.717, 1.165) is 51.4 Å². The van der Waals surface area contributed by atoms with Crippen molar-refractivity contribution >= 4 is 17.9 Å². The third kappa shape index (κ3) is 36.4. The summed E-state index contributed by atoms with van der Waals surface area (Å²) in [5.41, 5.74) is 0. The molecule has 0 saturated carbocycles. The molecule has 0 aromatic rings. The van der Waals surface area contributed by atoms with Crippen LogP contribution in [0.5, 0.6) is 0 Å². The van der Waals surface area contributed by atoms with Crippen LogP contribution in [0.3, 0.4) is 0 Å². The van der Waals surface area contributed by atoms with E-state index in [1.807, 2.05) is 27.2 Å². The molecule has 0 amide bonds. The van der Waals surface area contributed by atoms with Crippen LogP contribution in [0.25, 0.3) is 0 Å². The van der Waals surface area contributed by atoms with Crippen molar-refractivity contribution in [1.29, 1.82) is 0 Å². The van der Waals surface area contributed by atoms with Gasteiger partial charge >= 0.3 is 17.9 Å². The van der Waals surface area contributed by atoms with Crippen molar-refractivity contribution in [2.45, 2.75) is 180 Å². The summed E-state index contributed by atoms with van der Waals surface area (Å²) in [6.07, 6.45) is 45.8. The highest BCUT2D eigenvalue weighted by atomic mass is 16.6. The van der Waals surface area contributed by atoms with Crippen molar-refractivity contribution in [2.24, 2.45) is 0 Å². The zero-order valence-corrected chi connectivity index (χ0v) is 35.9. The summed E-state index contributed by atoms with van der Waals surface area (Å²) in [7, 11) is 5.50. The lowest BCUT2D eigenvalue weighted by atomic mass is 10.0. The number of likely N-dealkylation sites (N-methyl/N-ethyl adjacent to an activating group) is 1. The second-order valence-corrected chi connectivity index (χ2v) is 15.6. The van der Waals surface area contributed by atoms with Gasteiger partial charge in [-0.2, -0.15) is 0 Å². The van der Waals surface area contributed by atoms with Crippen LogP contribution in [0.2, 0.25) is 0 Å². The lowest BCUT2D eigenvalue weighted by molar-refractivity contribution is -0.887. The molecule has 0 aromatic carbocycles. The van der Waals surface area contributed by atoms with E-state index in [4.69, 9.17) is 14.2 Å². The molecule has 1 N–H and O–H groups in total. The number of carboxylic acid groups (broad SMARTS) is 1. The maximum atomic E-state index is 12.7. The minimum absolute atomic E-state index is 0.0462. The molecule has 8 nitrogen and oxygen atoms in total. The molecule has 0 bridgehead atoms. The van der Waals surface area contributed by atoms with Crippen molar-refractivity contribution in [3.63, 3.8) is 0 Å². The van der Waals surface area contributed by atoms with Crippen LogP contribution >= 0.6 is 0 Å². The zero-order valence-electron chi connectivity index (χ0n) is 35.9. The standard InChI is InChI=1S/C47H81NO7/c1-6-8-10-12-14-16-17-18-19-20-21-22-23-24-25-26-27-28-29-30-32-34-36-38-46(50)55-43(41-53-40-39-44(47(51)52)48(3,4)5)42-54-45(49)37-35-33-31-15-13-11-9-7-2/h8,10,14,16,18-19,21-22,31,33,43-44H,6-7,9,11-13,15,17,20,23-30,32,34-42H2,1-5H3/p+1/b10-8+,16-14+,19-18+,22-21+,33-31+. The molecule has 0 fully saturated rings. The topological polar surface area (TPSA) is 99.1 Å². The summed E-state index contributed by atoms with van der Waals surface area (Å²) in [4.78, 5) is 36.8. The Hall–Kier alpha value is -2.97. The Morgan fingerprint density at radius 2 is 1.05 bits per heavy atom. The van der Waals surface area contributed by atoms with Crippen LogP contribution in [0.4, 0.5) is 0 Å². The number of rotatable bonds is 38. The number of allylic oxidation sites excluding steroid dienone is 10. The van der Waals surface area contributed by atoms with E-state index in [1.54, 1.807) is 0 Å². The van der Waals surface area contributed by atoms with Crippen molar-refractivity contribution in [3.8, 4) is 0 Å². The summed E-state index contributed by atoms with van der Waals surface area (Å²) < 4.78 is 17.2. The second kappa shape index (κ2) is 37.9. The highest BCUT2D eigenvalue weighted by molar-refractivity contribution is 5.72. The molecule has 55 heavy (non-hydrogen) atoms. The molecular weight excluding hydrogens is 691 g/mol. The van der Waals surface area contributed by atoms with Crippen LogP contribution in [-0.2, 0) is 28.6 Å². The number of ether oxygens (including phenoxy) is 3. The molecule has 8 heteroatoms. The number of aliphatic carboxylic acids is 1. The molecule has 0 aromatic heterocycles. The first kappa shape index (κ1) is 52.0. The average molecular weight is 773 g/mol. The number of esters is 2. The fourth-order valence-corrected chi connectivity index (χ4v) is 6.04. The van der Waals surface area contributed by atoms with Gasteiger partial charge in [0.2, 0.25) is 0 Å². The van der Waals surface area contributed by atoms with Crippen LogP contribution in [-0.4, -0.2) is 80.6 Å². The van der Waals surface area contributed by atoms with Gasteiger partial charge in [0.05, 0.1) is 34.4 Å². The molecule has 0 spiro atoms. The fourth-order valence-electron chi connectivity index (χ4n) is 6.04. The molecular formula is C47H82NO7+. The normalized spacial score (nSPS) is 13.5. The van der Waals surface area contributed by atoms with Gasteiger partial charge in [-0.1, -0.05) is 145 Å². The van der Waals surface area contributed by atoms with Crippen molar-refractivity contribution in [3.05, 3.63) is 60.8 Å².